The molecule has 1 saturated heterocycles. The minimum Gasteiger partial charge on any atom is -0.378 e. The van der Waals surface area contributed by atoms with E-state index in [1.165, 1.54) is 6.33 Å². The number of amides is 1. The summed E-state index contributed by atoms with van der Waals surface area (Å²) in [5.74, 6) is 0.623. The summed E-state index contributed by atoms with van der Waals surface area (Å²) >= 11 is 6.11. The van der Waals surface area contributed by atoms with E-state index >= 15 is 0 Å². The summed E-state index contributed by atoms with van der Waals surface area (Å²) in [6.45, 7) is 4.79. The summed E-state index contributed by atoms with van der Waals surface area (Å²) in [5, 5.41) is 8.66. The number of nitrogens with one attached hydrogen (secondary N) is 1. The van der Waals surface area contributed by atoms with Gasteiger partial charge in [0.1, 0.15) is 18.7 Å². The second kappa shape index (κ2) is 7.50. The number of morpholine rings is 1. The molecule has 0 spiro atoms. The van der Waals surface area contributed by atoms with Crippen molar-refractivity contribution in [3.05, 3.63) is 41.3 Å². The summed E-state index contributed by atoms with van der Waals surface area (Å²) in [5.41, 5.74) is 2.15. The van der Waals surface area contributed by atoms with Gasteiger partial charge < -0.3 is 15.0 Å². The number of nitrogens with zero attached hydrogens (tertiary/aromatic N) is 5. The summed E-state index contributed by atoms with van der Waals surface area (Å²) in [4.78, 5) is 23.4. The summed E-state index contributed by atoms with van der Waals surface area (Å²) in [6.07, 6.45) is 3.21. The Morgan fingerprint density at radius 1 is 1.30 bits per heavy atom. The number of hydrogen-bond donors (Lipinski definition) is 1. The largest absolute Gasteiger partial charge is 0.378 e. The van der Waals surface area contributed by atoms with Crippen molar-refractivity contribution in [1.82, 2.24) is 19.7 Å². The third kappa shape index (κ3) is 3.58. The Balaban J connectivity index is 1.55. The molecule has 0 radical (unpaired) electrons. The average molecular weight is 387 g/mol. The van der Waals surface area contributed by atoms with Gasteiger partial charge in [0.2, 0.25) is 5.91 Å². The van der Waals surface area contributed by atoms with Crippen LogP contribution in [0.15, 0.2) is 30.7 Å². The molecule has 0 atom stereocenters. The SMILES string of the molecule is Cc1c(Cl)cccc1NC(=O)Cn1ncc2c(N3CCOCC3)ncnc21. The zero-order valence-corrected chi connectivity index (χ0v) is 15.6. The van der Waals surface area contributed by atoms with Crippen LogP contribution in [-0.4, -0.2) is 52.0 Å². The number of carbonyl (C=O) groups is 1. The maximum absolute atomic E-state index is 12.5. The molecule has 1 N–H and O–H groups in total. The quantitative estimate of drug-likeness (QED) is 0.740. The molecule has 1 fully saturated rings. The second-order valence-corrected chi connectivity index (χ2v) is 6.70. The zero-order valence-electron chi connectivity index (χ0n) is 14.9. The number of aromatic nitrogens is 4. The van der Waals surface area contributed by atoms with E-state index < -0.39 is 0 Å². The molecule has 3 heterocycles. The lowest BCUT2D eigenvalue weighted by Gasteiger charge is -2.27. The van der Waals surface area contributed by atoms with E-state index in [9.17, 15) is 4.79 Å². The molecular formula is C18H19ClN6O2. The monoisotopic (exact) mass is 386 g/mol. The zero-order chi connectivity index (χ0) is 18.8. The van der Waals surface area contributed by atoms with Gasteiger partial charge in [-0.2, -0.15) is 5.10 Å². The molecular weight excluding hydrogens is 368 g/mol. The van der Waals surface area contributed by atoms with Gasteiger partial charge in [0, 0.05) is 23.8 Å². The van der Waals surface area contributed by atoms with Crippen LogP contribution in [0.4, 0.5) is 11.5 Å². The first-order valence-corrected chi connectivity index (χ1v) is 9.05. The van der Waals surface area contributed by atoms with Crippen molar-refractivity contribution in [2.45, 2.75) is 13.5 Å². The molecule has 0 aliphatic carbocycles. The molecule has 1 aromatic carbocycles. The van der Waals surface area contributed by atoms with E-state index in [2.05, 4.69) is 25.3 Å². The molecule has 4 rings (SSSR count). The third-order valence-corrected chi connectivity index (χ3v) is 4.97. The van der Waals surface area contributed by atoms with E-state index in [4.69, 9.17) is 16.3 Å². The van der Waals surface area contributed by atoms with E-state index in [-0.39, 0.29) is 12.5 Å². The van der Waals surface area contributed by atoms with Crippen LogP contribution in [-0.2, 0) is 16.1 Å². The number of fused-ring (bicyclic) bond motifs is 1. The van der Waals surface area contributed by atoms with Crippen molar-refractivity contribution >= 4 is 40.0 Å². The first-order chi connectivity index (χ1) is 13.1. The van der Waals surface area contributed by atoms with Crippen LogP contribution in [0, 0.1) is 6.92 Å². The number of carbonyl (C=O) groups excluding carboxylic acids is 1. The Bertz CT molecular complexity index is 983. The number of hydrogen-bond acceptors (Lipinski definition) is 6. The van der Waals surface area contributed by atoms with Gasteiger partial charge in [-0.25, -0.2) is 14.6 Å². The highest BCUT2D eigenvalue weighted by atomic mass is 35.5. The van der Waals surface area contributed by atoms with Crippen LogP contribution in [0.25, 0.3) is 11.0 Å². The molecule has 0 saturated carbocycles. The molecule has 1 amide bonds. The van der Waals surface area contributed by atoms with Crippen molar-refractivity contribution in [3.63, 3.8) is 0 Å². The van der Waals surface area contributed by atoms with Crippen LogP contribution in [0.5, 0.6) is 0 Å². The third-order valence-electron chi connectivity index (χ3n) is 4.56. The Hall–Kier alpha value is -2.71. The molecule has 2 aromatic heterocycles. The lowest BCUT2D eigenvalue weighted by atomic mass is 10.2. The van der Waals surface area contributed by atoms with Gasteiger partial charge in [-0.1, -0.05) is 17.7 Å². The molecule has 0 bridgehead atoms. The standard InChI is InChI=1S/C18H19ClN6O2/c1-12-14(19)3-2-4-15(12)23-16(26)10-25-18-13(9-22-25)17(20-11-21-18)24-5-7-27-8-6-24/h2-4,9,11H,5-8,10H2,1H3,(H,23,26). The highest BCUT2D eigenvalue weighted by Gasteiger charge is 2.19. The van der Waals surface area contributed by atoms with Crippen molar-refractivity contribution in [2.24, 2.45) is 0 Å². The fourth-order valence-electron chi connectivity index (χ4n) is 3.09. The van der Waals surface area contributed by atoms with Crippen molar-refractivity contribution < 1.29 is 9.53 Å². The Kier molecular flexibility index (Phi) is 4.91. The molecule has 9 heteroatoms. The van der Waals surface area contributed by atoms with Crippen LogP contribution in [0.3, 0.4) is 0 Å². The number of benzene rings is 1. The summed E-state index contributed by atoms with van der Waals surface area (Å²) in [7, 11) is 0. The first kappa shape index (κ1) is 17.7. The van der Waals surface area contributed by atoms with Gasteiger partial charge in [0.05, 0.1) is 24.8 Å². The number of halogens is 1. The first-order valence-electron chi connectivity index (χ1n) is 8.67. The van der Waals surface area contributed by atoms with Crippen molar-refractivity contribution in [1.29, 1.82) is 0 Å². The van der Waals surface area contributed by atoms with Crippen molar-refractivity contribution in [3.8, 4) is 0 Å². The molecule has 0 unspecified atom stereocenters. The summed E-state index contributed by atoms with van der Waals surface area (Å²) in [6, 6.07) is 5.41. The predicted octanol–water partition coefficient (Wildman–Crippen LogP) is 2.26. The van der Waals surface area contributed by atoms with Gasteiger partial charge >= 0.3 is 0 Å². The molecule has 8 nitrogen and oxygen atoms in total. The fourth-order valence-corrected chi connectivity index (χ4v) is 3.27. The normalized spacial score (nSPS) is 14.5. The van der Waals surface area contributed by atoms with Crippen LogP contribution in [0.2, 0.25) is 5.02 Å². The fraction of sp³-hybridized carbons (Fsp3) is 0.333. The lowest BCUT2D eigenvalue weighted by molar-refractivity contribution is -0.116. The van der Waals surface area contributed by atoms with Crippen LogP contribution in [0.1, 0.15) is 5.56 Å². The molecule has 1 aliphatic heterocycles. The van der Waals surface area contributed by atoms with Gasteiger partial charge in [-0.3, -0.25) is 4.79 Å². The predicted molar refractivity (Wildman–Crippen MR) is 103 cm³/mol. The second-order valence-electron chi connectivity index (χ2n) is 6.30. The molecule has 1 aliphatic rings. The van der Waals surface area contributed by atoms with E-state index in [0.717, 1.165) is 29.9 Å². The average Bonchev–Trinajstić information content (AvgIpc) is 3.09. The van der Waals surface area contributed by atoms with Gasteiger partial charge in [0.15, 0.2) is 5.65 Å². The van der Waals surface area contributed by atoms with Crippen LogP contribution < -0.4 is 10.2 Å². The highest BCUT2D eigenvalue weighted by molar-refractivity contribution is 6.31. The van der Waals surface area contributed by atoms with E-state index in [0.29, 0.717) is 29.6 Å². The van der Waals surface area contributed by atoms with E-state index in [1.807, 2.05) is 13.0 Å². The van der Waals surface area contributed by atoms with Crippen LogP contribution >= 0.6 is 11.6 Å². The topological polar surface area (TPSA) is 85.2 Å². The lowest BCUT2D eigenvalue weighted by Crippen LogP contribution is -2.36. The molecule has 3 aromatic rings. The number of anilines is 2. The summed E-state index contributed by atoms with van der Waals surface area (Å²) < 4.78 is 6.98. The Morgan fingerprint density at radius 3 is 2.93 bits per heavy atom. The van der Waals surface area contributed by atoms with Gasteiger partial charge in [-0.15, -0.1) is 0 Å². The Morgan fingerprint density at radius 2 is 2.11 bits per heavy atom. The molecule has 27 heavy (non-hydrogen) atoms. The minimum absolute atomic E-state index is 0.0506. The maximum atomic E-state index is 12.5. The maximum Gasteiger partial charge on any atom is 0.246 e. The Labute approximate surface area is 161 Å². The van der Waals surface area contributed by atoms with Gasteiger partial charge in [0.25, 0.3) is 0 Å². The minimum atomic E-state index is -0.197. The van der Waals surface area contributed by atoms with Gasteiger partial charge in [-0.05, 0) is 24.6 Å². The van der Waals surface area contributed by atoms with Crippen molar-refractivity contribution in [2.75, 3.05) is 36.5 Å². The number of ether oxygens (including phenoxy) is 1. The smallest absolute Gasteiger partial charge is 0.246 e. The highest BCUT2D eigenvalue weighted by Crippen LogP contribution is 2.24. The molecule has 140 valence electrons. The number of rotatable bonds is 4. The van der Waals surface area contributed by atoms with E-state index in [1.54, 1.807) is 23.0 Å².